The zero-order valence-electron chi connectivity index (χ0n) is 25.2. The van der Waals surface area contributed by atoms with Gasteiger partial charge in [-0.2, -0.15) is 0 Å². The second-order valence-electron chi connectivity index (χ2n) is 11.7. The number of aliphatic hydroxyl groups is 2. The van der Waals surface area contributed by atoms with Gasteiger partial charge in [0.15, 0.2) is 0 Å². The third-order valence-electron chi connectivity index (χ3n) is 7.83. The van der Waals surface area contributed by atoms with Crippen LogP contribution in [0.15, 0.2) is 92.4 Å². The molecule has 4 nitrogen and oxygen atoms in total. The molecule has 0 radical (unpaired) electrons. The van der Waals surface area contributed by atoms with Crippen molar-refractivity contribution in [2.75, 3.05) is 41.3 Å². The Balaban J connectivity index is 0.000000171. The monoisotopic (exact) mass is 598 g/mol. The Kier molecular flexibility index (Phi) is 10.5. The summed E-state index contributed by atoms with van der Waals surface area (Å²) in [6.45, 7) is 2.27. The molecule has 0 unspecified atom stereocenters. The second-order valence-corrected chi connectivity index (χ2v) is 13.9. The van der Waals surface area contributed by atoms with Crippen molar-refractivity contribution in [1.29, 1.82) is 0 Å². The largest absolute Gasteiger partial charge is 0.392 e. The van der Waals surface area contributed by atoms with Crippen LogP contribution in [0.5, 0.6) is 0 Å². The zero-order valence-corrected chi connectivity index (χ0v) is 26.8. The van der Waals surface area contributed by atoms with Crippen molar-refractivity contribution in [2.24, 2.45) is 0 Å². The number of likely N-dealkylation sites (N-methyl/N-ethyl adjacent to an activating group) is 2. The van der Waals surface area contributed by atoms with E-state index in [1.54, 1.807) is 11.8 Å². The Bertz CT molecular complexity index is 1530. The molecule has 2 N–H and O–H groups in total. The van der Waals surface area contributed by atoms with Crippen LogP contribution in [-0.4, -0.2) is 61.3 Å². The van der Waals surface area contributed by atoms with Gasteiger partial charge in [0.25, 0.3) is 0 Å². The molecule has 2 aliphatic heterocycles. The predicted octanol–water partition coefficient (Wildman–Crippen LogP) is 6.68. The lowest BCUT2D eigenvalue weighted by molar-refractivity contribution is 0.280. The molecule has 0 bridgehead atoms. The third-order valence-corrected chi connectivity index (χ3v) is 10.2. The molecule has 0 atom stereocenters. The van der Waals surface area contributed by atoms with Crippen molar-refractivity contribution in [3.63, 3.8) is 0 Å². The first-order valence-corrected chi connectivity index (χ1v) is 16.3. The molecule has 6 heteroatoms. The van der Waals surface area contributed by atoms with Crippen LogP contribution < -0.4 is 0 Å². The Morgan fingerprint density at radius 2 is 1.14 bits per heavy atom. The fourth-order valence-electron chi connectivity index (χ4n) is 5.36. The highest BCUT2D eigenvalue weighted by atomic mass is 32.2. The van der Waals surface area contributed by atoms with Crippen LogP contribution in [0.1, 0.15) is 44.5 Å². The van der Waals surface area contributed by atoms with E-state index in [0.29, 0.717) is 0 Å². The molecule has 220 valence electrons. The van der Waals surface area contributed by atoms with Gasteiger partial charge in [0.05, 0.1) is 13.2 Å². The Morgan fingerprint density at radius 3 is 1.83 bits per heavy atom. The fourth-order valence-corrected chi connectivity index (χ4v) is 7.76. The van der Waals surface area contributed by atoms with Gasteiger partial charge in [0, 0.05) is 39.1 Å². The Morgan fingerprint density at radius 1 is 0.571 bits per heavy atom. The molecular weight excluding hydrogens is 557 g/mol. The first kappa shape index (κ1) is 30.9. The van der Waals surface area contributed by atoms with Gasteiger partial charge in [0.1, 0.15) is 0 Å². The summed E-state index contributed by atoms with van der Waals surface area (Å²) < 4.78 is 0. The molecule has 0 saturated heterocycles. The summed E-state index contributed by atoms with van der Waals surface area (Å²) in [4.78, 5) is 9.73. The summed E-state index contributed by atoms with van der Waals surface area (Å²) in [5, 5.41) is 19.1. The number of benzene rings is 4. The molecule has 0 aliphatic carbocycles. The predicted molar refractivity (Wildman–Crippen MR) is 176 cm³/mol. The highest BCUT2D eigenvalue weighted by molar-refractivity contribution is 7.99. The van der Waals surface area contributed by atoms with E-state index in [0.717, 1.165) is 49.9 Å². The SMILES string of the molecule is CN(C)CCc1cc(CO)c2c(c1)Sc1cc(CO)ccc1C2.CN(C)CCc1ccc2c(c1)Sc1ccccc1C2. The van der Waals surface area contributed by atoms with E-state index < -0.39 is 0 Å². The number of rotatable bonds is 8. The fraction of sp³-hybridized carbons (Fsp3) is 0.333. The summed E-state index contributed by atoms with van der Waals surface area (Å²) in [6.07, 6.45) is 4.04. The van der Waals surface area contributed by atoms with Gasteiger partial charge >= 0.3 is 0 Å². The van der Waals surface area contributed by atoms with Gasteiger partial charge in [-0.15, -0.1) is 0 Å². The molecule has 0 amide bonds. The van der Waals surface area contributed by atoms with Crippen molar-refractivity contribution in [3.8, 4) is 0 Å². The standard InChI is InChI=1S/C19H23NO2S.C17H19NS/c1-20(2)6-5-13-7-16(12-22)17-10-15-4-3-14(11-21)9-18(15)23-19(17)8-13;1-18(2)10-9-13-7-8-15-12-14-5-3-4-6-16(14)19-17(15)11-13/h3-4,7-9,21-22H,5-6,10-12H2,1-2H3;3-8,11H,9-10,12H2,1-2H3. The van der Waals surface area contributed by atoms with Crippen LogP contribution >= 0.6 is 23.5 Å². The quantitative estimate of drug-likeness (QED) is 0.204. The van der Waals surface area contributed by atoms with E-state index in [1.807, 2.05) is 17.8 Å². The number of hydrogen-bond donors (Lipinski definition) is 2. The van der Waals surface area contributed by atoms with Gasteiger partial charge in [0.2, 0.25) is 0 Å². The minimum atomic E-state index is 0.0749. The Labute approximate surface area is 259 Å². The van der Waals surface area contributed by atoms with Gasteiger partial charge in [-0.05, 0) is 116 Å². The molecule has 2 aliphatic rings. The first-order valence-electron chi connectivity index (χ1n) is 14.7. The van der Waals surface area contributed by atoms with Crippen molar-refractivity contribution in [3.05, 3.63) is 117 Å². The highest BCUT2D eigenvalue weighted by Gasteiger charge is 2.20. The first-order chi connectivity index (χ1) is 20.3. The molecule has 42 heavy (non-hydrogen) atoms. The zero-order chi connectivity index (χ0) is 29.6. The summed E-state index contributed by atoms with van der Waals surface area (Å²) in [5.74, 6) is 0. The van der Waals surface area contributed by atoms with Crippen LogP contribution in [-0.2, 0) is 38.9 Å². The van der Waals surface area contributed by atoms with Gasteiger partial charge < -0.3 is 20.0 Å². The van der Waals surface area contributed by atoms with E-state index >= 15 is 0 Å². The van der Waals surface area contributed by atoms with E-state index in [2.05, 4.69) is 105 Å². The van der Waals surface area contributed by atoms with Crippen LogP contribution in [0.2, 0.25) is 0 Å². The lowest BCUT2D eigenvalue weighted by Gasteiger charge is -2.23. The summed E-state index contributed by atoms with van der Waals surface area (Å²) in [5.41, 5.74) is 10.2. The average Bonchev–Trinajstić information content (AvgIpc) is 3.00. The van der Waals surface area contributed by atoms with Crippen LogP contribution in [0.4, 0.5) is 0 Å². The topological polar surface area (TPSA) is 46.9 Å². The summed E-state index contributed by atoms with van der Waals surface area (Å²) in [6, 6.07) is 26.3. The van der Waals surface area contributed by atoms with Gasteiger partial charge in [-0.1, -0.05) is 72.1 Å². The van der Waals surface area contributed by atoms with Crippen molar-refractivity contribution in [2.45, 2.75) is 58.5 Å². The maximum Gasteiger partial charge on any atom is 0.0685 e. The van der Waals surface area contributed by atoms with E-state index in [1.165, 1.54) is 53.0 Å². The van der Waals surface area contributed by atoms with Crippen molar-refractivity contribution < 1.29 is 10.2 Å². The maximum absolute atomic E-state index is 9.77. The number of fused-ring (bicyclic) bond motifs is 4. The van der Waals surface area contributed by atoms with Gasteiger partial charge in [-0.25, -0.2) is 0 Å². The number of nitrogens with zero attached hydrogens (tertiary/aromatic N) is 2. The van der Waals surface area contributed by atoms with Crippen LogP contribution in [0, 0.1) is 0 Å². The number of hydrogen-bond acceptors (Lipinski definition) is 6. The van der Waals surface area contributed by atoms with E-state index in [9.17, 15) is 10.2 Å². The molecule has 6 rings (SSSR count). The molecule has 0 saturated carbocycles. The third kappa shape index (κ3) is 7.67. The average molecular weight is 599 g/mol. The molecule has 4 aromatic carbocycles. The van der Waals surface area contributed by atoms with Crippen LogP contribution in [0.3, 0.4) is 0 Å². The Hall–Kier alpha value is -2.58. The maximum atomic E-state index is 9.77. The molecule has 0 spiro atoms. The minimum absolute atomic E-state index is 0.0749. The van der Waals surface area contributed by atoms with Gasteiger partial charge in [-0.3, -0.25) is 0 Å². The summed E-state index contributed by atoms with van der Waals surface area (Å²) >= 11 is 3.67. The summed E-state index contributed by atoms with van der Waals surface area (Å²) in [7, 11) is 8.41. The molecule has 0 aromatic heterocycles. The minimum Gasteiger partial charge on any atom is -0.392 e. The molecular formula is C36H42N2O2S2. The van der Waals surface area contributed by atoms with Crippen molar-refractivity contribution >= 4 is 23.5 Å². The number of aliphatic hydroxyl groups excluding tert-OH is 2. The molecule has 4 aromatic rings. The second kappa shape index (κ2) is 14.3. The van der Waals surface area contributed by atoms with E-state index in [-0.39, 0.29) is 13.2 Å². The molecule has 2 heterocycles. The smallest absolute Gasteiger partial charge is 0.0685 e. The lowest BCUT2D eigenvalue weighted by atomic mass is 9.96. The lowest BCUT2D eigenvalue weighted by Crippen LogP contribution is -2.15. The molecule has 0 fully saturated rings. The normalized spacial score (nSPS) is 13.1. The highest BCUT2D eigenvalue weighted by Crippen LogP contribution is 2.42. The van der Waals surface area contributed by atoms with Crippen LogP contribution in [0.25, 0.3) is 0 Å². The van der Waals surface area contributed by atoms with E-state index in [4.69, 9.17) is 0 Å². The van der Waals surface area contributed by atoms with Crippen molar-refractivity contribution in [1.82, 2.24) is 9.80 Å².